The van der Waals surface area contributed by atoms with Crippen LogP contribution in [0.15, 0.2) is 12.3 Å². The number of nitrogens with two attached hydrogens (primary N) is 1. The minimum atomic E-state index is -0.539. The Labute approximate surface area is 104 Å². The number of anilines is 1. The molecule has 0 bridgehead atoms. The van der Waals surface area contributed by atoms with Gasteiger partial charge < -0.3 is 11.1 Å². The maximum atomic E-state index is 10.5. The summed E-state index contributed by atoms with van der Waals surface area (Å²) >= 11 is 5.87. The Morgan fingerprint density at radius 1 is 1.65 bits per heavy atom. The molecule has 0 aliphatic carbocycles. The molecule has 0 radical (unpaired) electrons. The number of hydrogen-bond donors (Lipinski definition) is 2. The van der Waals surface area contributed by atoms with Crippen LogP contribution in [0.4, 0.5) is 11.5 Å². The van der Waals surface area contributed by atoms with Crippen molar-refractivity contribution in [3.8, 4) is 0 Å². The highest BCUT2D eigenvalue weighted by atomic mass is 35.5. The minimum absolute atomic E-state index is 0.0249. The van der Waals surface area contributed by atoms with E-state index in [4.69, 9.17) is 17.3 Å². The topological polar surface area (TPSA) is 94.1 Å². The summed E-state index contributed by atoms with van der Waals surface area (Å²) in [5.41, 5.74) is 5.72. The van der Waals surface area contributed by atoms with Gasteiger partial charge in [0.15, 0.2) is 0 Å². The number of nitro groups is 1. The van der Waals surface area contributed by atoms with Gasteiger partial charge in [0.25, 0.3) is 5.69 Å². The highest BCUT2D eigenvalue weighted by Gasteiger charge is 2.12. The Morgan fingerprint density at radius 3 is 2.76 bits per heavy atom. The average Bonchev–Trinajstić information content (AvgIpc) is 2.26. The lowest BCUT2D eigenvalue weighted by Crippen LogP contribution is -2.34. The van der Waals surface area contributed by atoms with E-state index in [1.54, 1.807) is 0 Å². The summed E-state index contributed by atoms with van der Waals surface area (Å²) in [6, 6.07) is 1.24. The molecule has 0 fully saturated rings. The van der Waals surface area contributed by atoms with E-state index in [-0.39, 0.29) is 16.8 Å². The summed E-state index contributed by atoms with van der Waals surface area (Å²) in [7, 11) is 0. The van der Waals surface area contributed by atoms with E-state index in [2.05, 4.69) is 10.3 Å². The second-order valence-electron chi connectivity index (χ2n) is 4.07. The fourth-order valence-electron chi connectivity index (χ4n) is 1.11. The van der Waals surface area contributed by atoms with Gasteiger partial charge in [0.2, 0.25) is 0 Å². The van der Waals surface area contributed by atoms with E-state index in [0.29, 0.717) is 18.3 Å². The van der Waals surface area contributed by atoms with E-state index >= 15 is 0 Å². The number of aromatic nitrogens is 1. The third kappa shape index (κ3) is 3.83. The van der Waals surface area contributed by atoms with E-state index in [1.807, 2.05) is 13.8 Å². The molecule has 0 aliphatic heterocycles. The van der Waals surface area contributed by atoms with Gasteiger partial charge in [-0.3, -0.25) is 10.1 Å². The smallest absolute Gasteiger partial charge is 0.289 e. The Bertz CT molecular complexity index is 411. The lowest BCUT2D eigenvalue weighted by Gasteiger charge is -2.16. The second kappa shape index (κ2) is 5.79. The zero-order valence-corrected chi connectivity index (χ0v) is 10.4. The van der Waals surface area contributed by atoms with Crippen molar-refractivity contribution < 1.29 is 4.92 Å². The van der Waals surface area contributed by atoms with Crippen molar-refractivity contribution in [2.24, 2.45) is 11.7 Å². The number of halogens is 1. The van der Waals surface area contributed by atoms with Gasteiger partial charge in [0.05, 0.1) is 9.95 Å². The molecule has 17 heavy (non-hydrogen) atoms. The van der Waals surface area contributed by atoms with Gasteiger partial charge in [-0.25, -0.2) is 4.98 Å². The first kappa shape index (κ1) is 13.7. The number of nitrogens with zero attached hydrogens (tertiary/aromatic N) is 2. The highest BCUT2D eigenvalue weighted by Crippen LogP contribution is 2.23. The molecule has 0 aromatic carbocycles. The lowest BCUT2D eigenvalue weighted by molar-refractivity contribution is -0.385. The molecule has 1 heterocycles. The van der Waals surface area contributed by atoms with Crippen LogP contribution in [-0.4, -0.2) is 22.5 Å². The number of pyridine rings is 1. The molecule has 7 heteroatoms. The molecular formula is C10H15ClN4O2. The van der Waals surface area contributed by atoms with Gasteiger partial charge >= 0.3 is 0 Å². The fourth-order valence-corrected chi connectivity index (χ4v) is 1.34. The van der Waals surface area contributed by atoms with Gasteiger partial charge in [-0.15, -0.1) is 0 Å². The van der Waals surface area contributed by atoms with Crippen molar-refractivity contribution in [2.45, 2.75) is 19.9 Å². The zero-order valence-electron chi connectivity index (χ0n) is 9.68. The standard InChI is InChI=1S/C10H15ClN4O2/c1-6(2)9(12)5-14-10-8(11)3-7(4-13-10)15(16)17/h3-4,6,9H,5,12H2,1-2H3,(H,13,14). The molecule has 0 spiro atoms. The number of hydrogen-bond acceptors (Lipinski definition) is 5. The zero-order chi connectivity index (χ0) is 13.0. The van der Waals surface area contributed by atoms with Crippen LogP contribution in [0.3, 0.4) is 0 Å². The van der Waals surface area contributed by atoms with Gasteiger partial charge in [0, 0.05) is 18.7 Å². The third-order valence-corrected chi connectivity index (χ3v) is 2.69. The maximum Gasteiger partial charge on any atom is 0.289 e. The molecule has 1 unspecified atom stereocenters. The summed E-state index contributed by atoms with van der Waals surface area (Å²) in [5, 5.41) is 13.7. The molecule has 0 saturated heterocycles. The molecule has 1 aromatic rings. The van der Waals surface area contributed by atoms with Crippen molar-refractivity contribution in [1.82, 2.24) is 4.98 Å². The van der Waals surface area contributed by atoms with Crippen molar-refractivity contribution >= 4 is 23.1 Å². The van der Waals surface area contributed by atoms with E-state index in [1.165, 1.54) is 6.07 Å². The molecule has 0 amide bonds. The first-order chi connectivity index (χ1) is 7.91. The molecule has 0 saturated carbocycles. The maximum absolute atomic E-state index is 10.5. The van der Waals surface area contributed by atoms with Crippen molar-refractivity contribution in [3.05, 3.63) is 27.4 Å². The van der Waals surface area contributed by atoms with Crippen LogP contribution < -0.4 is 11.1 Å². The number of nitrogens with one attached hydrogen (secondary N) is 1. The highest BCUT2D eigenvalue weighted by molar-refractivity contribution is 6.33. The quantitative estimate of drug-likeness (QED) is 0.623. The van der Waals surface area contributed by atoms with Crippen molar-refractivity contribution in [2.75, 3.05) is 11.9 Å². The summed E-state index contributed by atoms with van der Waals surface area (Å²) in [6.45, 7) is 4.54. The van der Waals surface area contributed by atoms with Gasteiger partial charge in [-0.05, 0) is 5.92 Å². The minimum Gasteiger partial charge on any atom is -0.367 e. The molecule has 0 aliphatic rings. The van der Waals surface area contributed by atoms with Gasteiger partial charge in [-0.2, -0.15) is 0 Å². The van der Waals surface area contributed by atoms with Crippen molar-refractivity contribution in [3.63, 3.8) is 0 Å². The van der Waals surface area contributed by atoms with Crippen LogP contribution in [0, 0.1) is 16.0 Å². The van der Waals surface area contributed by atoms with Crippen LogP contribution in [0.25, 0.3) is 0 Å². The molecular weight excluding hydrogens is 244 g/mol. The molecule has 1 rings (SSSR count). The van der Waals surface area contributed by atoms with Crippen LogP contribution in [0.2, 0.25) is 5.02 Å². The Hall–Kier alpha value is -1.40. The van der Waals surface area contributed by atoms with Crippen LogP contribution in [0.5, 0.6) is 0 Å². The second-order valence-corrected chi connectivity index (χ2v) is 4.48. The summed E-state index contributed by atoms with van der Waals surface area (Å²) in [4.78, 5) is 13.8. The summed E-state index contributed by atoms with van der Waals surface area (Å²) in [5.74, 6) is 0.743. The predicted molar refractivity (Wildman–Crippen MR) is 67.2 cm³/mol. The van der Waals surface area contributed by atoms with E-state index in [9.17, 15) is 10.1 Å². The van der Waals surface area contributed by atoms with Crippen LogP contribution in [-0.2, 0) is 0 Å². The van der Waals surface area contributed by atoms with Crippen molar-refractivity contribution in [1.29, 1.82) is 0 Å². The largest absolute Gasteiger partial charge is 0.367 e. The molecule has 1 aromatic heterocycles. The average molecular weight is 259 g/mol. The fraction of sp³-hybridized carbons (Fsp3) is 0.500. The third-order valence-electron chi connectivity index (χ3n) is 2.40. The Balaban J connectivity index is 2.70. The number of rotatable bonds is 5. The summed E-state index contributed by atoms with van der Waals surface area (Å²) < 4.78 is 0. The Morgan fingerprint density at radius 2 is 2.29 bits per heavy atom. The van der Waals surface area contributed by atoms with E-state index in [0.717, 1.165) is 6.20 Å². The monoisotopic (exact) mass is 258 g/mol. The molecule has 1 atom stereocenters. The molecule has 6 nitrogen and oxygen atoms in total. The van der Waals surface area contributed by atoms with Crippen LogP contribution >= 0.6 is 11.6 Å². The lowest BCUT2D eigenvalue weighted by atomic mass is 10.1. The normalized spacial score (nSPS) is 12.5. The predicted octanol–water partition coefficient (Wildman–Crippen LogP) is 2.04. The van der Waals surface area contributed by atoms with E-state index < -0.39 is 4.92 Å². The van der Waals surface area contributed by atoms with Crippen LogP contribution in [0.1, 0.15) is 13.8 Å². The molecule has 94 valence electrons. The summed E-state index contributed by atoms with van der Waals surface area (Å²) in [6.07, 6.45) is 1.16. The van der Waals surface area contributed by atoms with Gasteiger partial charge in [-0.1, -0.05) is 25.4 Å². The Kier molecular flexibility index (Phi) is 4.65. The van der Waals surface area contributed by atoms with Gasteiger partial charge in [0.1, 0.15) is 12.0 Å². The first-order valence-corrected chi connectivity index (χ1v) is 5.59. The SMILES string of the molecule is CC(C)C(N)CNc1ncc([N+](=O)[O-])cc1Cl. The first-order valence-electron chi connectivity index (χ1n) is 5.21. The molecule has 3 N–H and O–H groups in total.